The maximum absolute atomic E-state index is 7.03. The summed E-state index contributed by atoms with van der Waals surface area (Å²) in [4.78, 5) is 17.1. The molecule has 0 bridgehead atoms. The van der Waals surface area contributed by atoms with Crippen LogP contribution in [-0.2, 0) is 6.54 Å². The van der Waals surface area contributed by atoms with Gasteiger partial charge in [0.1, 0.15) is 5.82 Å². The highest BCUT2D eigenvalue weighted by Gasteiger charge is 2.28. The topological polar surface area (TPSA) is 95.8 Å². The molecule has 3 N–H and O–H groups in total. The lowest BCUT2D eigenvalue weighted by Crippen LogP contribution is -2.09. The molecule has 2 fully saturated rings. The Balaban J connectivity index is 1.32. The fraction of sp³-hybridized carbons (Fsp3) is 0.350. The SMILES string of the molecule is [C-]#[N+]c1ccc(CNc2nc(Nc3cc(C4CC4)[nH]n3)nc(C3CC3)n2)cc1. The van der Waals surface area contributed by atoms with E-state index in [-0.39, 0.29) is 0 Å². The maximum atomic E-state index is 7.03. The van der Waals surface area contributed by atoms with E-state index < -0.39 is 0 Å². The number of nitrogens with zero attached hydrogens (tertiary/aromatic N) is 5. The van der Waals surface area contributed by atoms with E-state index in [0.29, 0.717) is 36.0 Å². The lowest BCUT2D eigenvalue weighted by molar-refractivity contribution is 0.885. The molecule has 3 aromatic rings. The Kier molecular flexibility index (Phi) is 4.13. The molecule has 8 nitrogen and oxygen atoms in total. The van der Waals surface area contributed by atoms with Crippen molar-refractivity contribution in [3.63, 3.8) is 0 Å². The zero-order valence-electron chi connectivity index (χ0n) is 15.3. The Morgan fingerprint density at radius 3 is 2.46 bits per heavy atom. The Hall–Kier alpha value is -3.47. The van der Waals surface area contributed by atoms with Crippen molar-refractivity contribution in [2.75, 3.05) is 10.6 Å². The molecule has 5 rings (SSSR count). The molecule has 0 saturated heterocycles. The van der Waals surface area contributed by atoms with Crippen LogP contribution in [0, 0.1) is 6.57 Å². The minimum absolute atomic E-state index is 0.420. The number of hydrogen-bond donors (Lipinski definition) is 3. The van der Waals surface area contributed by atoms with Crippen LogP contribution in [0.5, 0.6) is 0 Å². The second kappa shape index (κ2) is 6.93. The smallest absolute Gasteiger partial charge is 0.233 e. The molecule has 140 valence electrons. The van der Waals surface area contributed by atoms with Crippen molar-refractivity contribution in [3.8, 4) is 0 Å². The number of aromatic amines is 1. The molecule has 0 radical (unpaired) electrons. The van der Waals surface area contributed by atoms with E-state index in [9.17, 15) is 0 Å². The molecule has 2 aliphatic carbocycles. The average molecular weight is 372 g/mol. The van der Waals surface area contributed by atoms with Gasteiger partial charge in [0.15, 0.2) is 11.5 Å². The molecule has 28 heavy (non-hydrogen) atoms. The number of H-pyrrole nitrogens is 1. The van der Waals surface area contributed by atoms with Gasteiger partial charge in [-0.25, -0.2) is 4.85 Å². The van der Waals surface area contributed by atoms with Gasteiger partial charge in [0.2, 0.25) is 11.9 Å². The molecular formula is C20H20N8. The molecule has 1 aromatic carbocycles. The Bertz CT molecular complexity index is 1030. The molecule has 0 aliphatic heterocycles. The largest absolute Gasteiger partial charge is 0.350 e. The summed E-state index contributed by atoms with van der Waals surface area (Å²) >= 11 is 0. The zero-order chi connectivity index (χ0) is 18.9. The monoisotopic (exact) mass is 372 g/mol. The van der Waals surface area contributed by atoms with Gasteiger partial charge in [-0.1, -0.05) is 24.3 Å². The van der Waals surface area contributed by atoms with Gasteiger partial charge in [-0.05, 0) is 31.2 Å². The van der Waals surface area contributed by atoms with Gasteiger partial charge in [0.05, 0.1) is 6.57 Å². The molecule has 2 aromatic heterocycles. The van der Waals surface area contributed by atoms with Crippen LogP contribution in [0.2, 0.25) is 0 Å². The lowest BCUT2D eigenvalue weighted by Gasteiger charge is -2.09. The molecule has 0 atom stereocenters. The van der Waals surface area contributed by atoms with Gasteiger partial charge < -0.3 is 10.6 Å². The standard InChI is InChI=1S/C20H20N8/c1-21-15-8-2-12(3-9-15)11-22-19-24-18(14-6-7-14)25-20(26-19)23-17-10-16(27-28-17)13-4-5-13/h2-3,8-10,13-14H,4-7,11H2,(H3,22,23,24,25,26,27,28). The van der Waals surface area contributed by atoms with E-state index in [4.69, 9.17) is 6.57 Å². The van der Waals surface area contributed by atoms with Gasteiger partial charge in [0, 0.05) is 30.1 Å². The molecule has 0 unspecified atom stereocenters. The minimum atomic E-state index is 0.420. The summed E-state index contributed by atoms with van der Waals surface area (Å²) in [6.45, 7) is 7.62. The van der Waals surface area contributed by atoms with Crippen molar-refractivity contribution in [3.05, 3.63) is 58.8 Å². The normalized spacial score (nSPS) is 15.8. The van der Waals surface area contributed by atoms with Crippen LogP contribution in [0.1, 0.15) is 54.6 Å². The summed E-state index contributed by atoms with van der Waals surface area (Å²) in [7, 11) is 0. The molecule has 8 heteroatoms. The predicted octanol–water partition coefficient (Wildman–Crippen LogP) is 4.26. The summed E-state index contributed by atoms with van der Waals surface area (Å²) in [5, 5.41) is 13.9. The number of rotatable bonds is 7. The van der Waals surface area contributed by atoms with Crippen LogP contribution in [0.3, 0.4) is 0 Å². The highest BCUT2D eigenvalue weighted by atomic mass is 15.3. The van der Waals surface area contributed by atoms with Crippen molar-refractivity contribution in [1.29, 1.82) is 0 Å². The summed E-state index contributed by atoms with van der Waals surface area (Å²) in [6.07, 6.45) is 4.69. The predicted molar refractivity (Wildman–Crippen MR) is 106 cm³/mol. The van der Waals surface area contributed by atoms with Crippen LogP contribution < -0.4 is 10.6 Å². The second-order valence-electron chi connectivity index (χ2n) is 7.35. The fourth-order valence-electron chi connectivity index (χ4n) is 3.04. The van der Waals surface area contributed by atoms with Crippen LogP contribution in [-0.4, -0.2) is 25.1 Å². The van der Waals surface area contributed by atoms with Crippen molar-refractivity contribution < 1.29 is 0 Å². The second-order valence-corrected chi connectivity index (χ2v) is 7.35. The Morgan fingerprint density at radius 2 is 1.75 bits per heavy atom. The first-order valence-electron chi connectivity index (χ1n) is 9.55. The third-order valence-corrected chi connectivity index (χ3v) is 4.97. The van der Waals surface area contributed by atoms with E-state index in [1.165, 1.54) is 18.5 Å². The van der Waals surface area contributed by atoms with Gasteiger partial charge >= 0.3 is 0 Å². The summed E-state index contributed by atoms with van der Waals surface area (Å²) in [5.74, 6) is 3.65. The van der Waals surface area contributed by atoms with E-state index >= 15 is 0 Å². The number of aromatic nitrogens is 5. The first-order chi connectivity index (χ1) is 13.8. The van der Waals surface area contributed by atoms with Crippen molar-refractivity contribution in [2.45, 2.75) is 44.1 Å². The molecule has 2 heterocycles. The number of nitrogens with one attached hydrogen (secondary N) is 3. The van der Waals surface area contributed by atoms with Crippen molar-refractivity contribution in [2.24, 2.45) is 0 Å². The first-order valence-corrected chi connectivity index (χ1v) is 9.55. The Labute approximate surface area is 162 Å². The lowest BCUT2D eigenvalue weighted by atomic mass is 10.2. The van der Waals surface area contributed by atoms with E-state index in [0.717, 1.165) is 30.0 Å². The molecule has 2 saturated carbocycles. The highest BCUT2D eigenvalue weighted by Crippen LogP contribution is 2.40. The molecule has 0 spiro atoms. The van der Waals surface area contributed by atoms with Crippen LogP contribution in [0.25, 0.3) is 4.85 Å². The molecular weight excluding hydrogens is 352 g/mol. The van der Waals surface area contributed by atoms with Crippen LogP contribution in [0.4, 0.5) is 23.4 Å². The molecule has 0 amide bonds. The zero-order valence-corrected chi connectivity index (χ0v) is 15.3. The van der Waals surface area contributed by atoms with Gasteiger partial charge in [-0.15, -0.1) is 0 Å². The van der Waals surface area contributed by atoms with Gasteiger partial charge in [0.25, 0.3) is 0 Å². The number of benzene rings is 1. The summed E-state index contributed by atoms with van der Waals surface area (Å²) in [6, 6.07) is 9.53. The minimum Gasteiger partial charge on any atom is -0.350 e. The van der Waals surface area contributed by atoms with Crippen molar-refractivity contribution in [1.82, 2.24) is 25.1 Å². The van der Waals surface area contributed by atoms with Crippen molar-refractivity contribution >= 4 is 23.4 Å². The van der Waals surface area contributed by atoms with Crippen LogP contribution >= 0.6 is 0 Å². The Morgan fingerprint density at radius 1 is 1.00 bits per heavy atom. The van der Waals surface area contributed by atoms with E-state index in [1.54, 1.807) is 0 Å². The third kappa shape index (κ3) is 3.78. The van der Waals surface area contributed by atoms with Gasteiger partial charge in [-0.3, -0.25) is 5.10 Å². The highest BCUT2D eigenvalue weighted by molar-refractivity contribution is 5.51. The van der Waals surface area contributed by atoms with E-state index in [1.807, 2.05) is 30.3 Å². The average Bonchev–Trinajstić information content (AvgIpc) is 3.65. The maximum Gasteiger partial charge on any atom is 0.233 e. The number of anilines is 3. The van der Waals surface area contributed by atoms with Crippen LogP contribution in [0.15, 0.2) is 30.3 Å². The summed E-state index contributed by atoms with van der Waals surface area (Å²) in [5.41, 5.74) is 2.87. The third-order valence-electron chi connectivity index (χ3n) is 4.97. The van der Waals surface area contributed by atoms with E-state index in [2.05, 4.69) is 40.6 Å². The first kappa shape index (κ1) is 16.7. The fourth-order valence-corrected chi connectivity index (χ4v) is 3.04. The quantitative estimate of drug-likeness (QED) is 0.537. The van der Waals surface area contributed by atoms with Gasteiger partial charge in [-0.2, -0.15) is 20.1 Å². The molecule has 2 aliphatic rings. The number of hydrogen-bond acceptors (Lipinski definition) is 6. The summed E-state index contributed by atoms with van der Waals surface area (Å²) < 4.78 is 0.